The van der Waals surface area contributed by atoms with Crippen LogP contribution in [0.3, 0.4) is 0 Å². The molecule has 0 aromatic carbocycles. The first-order valence-electron chi connectivity index (χ1n) is 12.3. The van der Waals surface area contributed by atoms with E-state index < -0.39 is 5.97 Å². The van der Waals surface area contributed by atoms with Crippen LogP contribution in [0.25, 0.3) is 0 Å². The molecule has 4 rings (SSSR count). The lowest BCUT2D eigenvalue weighted by molar-refractivity contribution is -0.124. The fraction of sp³-hybridized carbons (Fsp3) is 0.556. The molecule has 2 aliphatic rings. The van der Waals surface area contributed by atoms with Gasteiger partial charge in [0.2, 0.25) is 5.91 Å². The molecule has 0 unspecified atom stereocenters. The summed E-state index contributed by atoms with van der Waals surface area (Å²) in [5.41, 5.74) is 0.253. The number of hydrogen-bond donors (Lipinski definition) is 1. The predicted octanol–water partition coefficient (Wildman–Crippen LogP) is 5.40. The minimum atomic E-state index is -1.03. The summed E-state index contributed by atoms with van der Waals surface area (Å²) >= 11 is 1.14. The fourth-order valence-corrected chi connectivity index (χ4v) is 5.41. The van der Waals surface area contributed by atoms with Crippen molar-refractivity contribution in [3.63, 3.8) is 0 Å². The van der Waals surface area contributed by atoms with Gasteiger partial charge in [0, 0.05) is 42.6 Å². The van der Waals surface area contributed by atoms with E-state index in [1.165, 1.54) is 0 Å². The van der Waals surface area contributed by atoms with Crippen molar-refractivity contribution in [2.45, 2.75) is 78.4 Å². The van der Waals surface area contributed by atoms with Crippen LogP contribution in [0.15, 0.2) is 24.5 Å². The molecular formula is C27H33N3O4S. The van der Waals surface area contributed by atoms with Crippen LogP contribution in [0, 0.1) is 29.1 Å². The number of aromatic nitrogens is 2. The maximum atomic E-state index is 13.8. The third-order valence-electron chi connectivity index (χ3n) is 6.58. The third-order valence-corrected chi connectivity index (χ3v) is 7.61. The highest BCUT2D eigenvalue weighted by atomic mass is 32.1. The number of carbonyl (C=O) groups excluding carboxylic acids is 1. The van der Waals surface area contributed by atoms with Crippen molar-refractivity contribution in [3.8, 4) is 17.9 Å². The normalized spacial score (nSPS) is 24.0. The Labute approximate surface area is 210 Å². The summed E-state index contributed by atoms with van der Waals surface area (Å²) < 4.78 is 5.87. The van der Waals surface area contributed by atoms with E-state index in [0.29, 0.717) is 35.3 Å². The Kier molecular flexibility index (Phi) is 7.46. The molecule has 1 N–H and O–H groups in total. The molecule has 0 spiro atoms. The van der Waals surface area contributed by atoms with Crippen molar-refractivity contribution in [3.05, 3.63) is 34.3 Å². The molecule has 0 aliphatic heterocycles. The second-order valence-electron chi connectivity index (χ2n) is 10.7. The Morgan fingerprint density at radius 1 is 1.14 bits per heavy atom. The van der Waals surface area contributed by atoms with Gasteiger partial charge in [0.25, 0.3) is 0 Å². The number of carboxylic acids is 1. The molecule has 1 amide bonds. The number of amides is 1. The Bertz CT molecular complexity index is 1110. The molecule has 2 aromatic heterocycles. The van der Waals surface area contributed by atoms with Crippen molar-refractivity contribution in [2.75, 3.05) is 4.90 Å². The van der Waals surface area contributed by atoms with Crippen LogP contribution in [0.4, 0.5) is 5.69 Å². The third kappa shape index (κ3) is 6.21. The molecule has 0 atom stereocenters. The number of hydrogen-bond acceptors (Lipinski definition) is 6. The van der Waals surface area contributed by atoms with Gasteiger partial charge in [-0.2, -0.15) is 0 Å². The number of aromatic carboxylic acids is 1. The minimum absolute atomic E-state index is 0.0203. The molecule has 8 heteroatoms. The molecule has 2 fully saturated rings. The number of carbonyl (C=O) groups is 2. The largest absolute Gasteiger partial charge is 0.477 e. The van der Waals surface area contributed by atoms with Crippen LogP contribution in [0.1, 0.15) is 80.8 Å². The zero-order valence-corrected chi connectivity index (χ0v) is 21.6. The van der Waals surface area contributed by atoms with Crippen molar-refractivity contribution in [2.24, 2.45) is 17.3 Å². The number of nitrogens with zero attached hydrogens (tertiary/aromatic N) is 3. The monoisotopic (exact) mass is 495 g/mol. The van der Waals surface area contributed by atoms with Gasteiger partial charge < -0.3 is 14.7 Å². The zero-order valence-electron chi connectivity index (χ0n) is 20.8. The van der Waals surface area contributed by atoms with Gasteiger partial charge in [0.05, 0.1) is 10.6 Å². The number of ether oxygens (including phenoxy) is 1. The topological polar surface area (TPSA) is 92.6 Å². The van der Waals surface area contributed by atoms with Crippen molar-refractivity contribution < 1.29 is 19.4 Å². The van der Waals surface area contributed by atoms with Gasteiger partial charge in [-0.15, -0.1) is 11.3 Å². The zero-order chi connectivity index (χ0) is 25.2. The molecule has 2 aliphatic carbocycles. The molecule has 186 valence electrons. The lowest BCUT2D eigenvalue weighted by atomic mass is 9.80. The van der Waals surface area contributed by atoms with E-state index in [1.54, 1.807) is 29.4 Å². The first-order chi connectivity index (χ1) is 16.6. The summed E-state index contributed by atoms with van der Waals surface area (Å²) in [4.78, 5) is 36.8. The van der Waals surface area contributed by atoms with Crippen molar-refractivity contribution in [1.29, 1.82) is 0 Å². The van der Waals surface area contributed by atoms with Gasteiger partial charge in [0.1, 0.15) is 11.0 Å². The van der Waals surface area contributed by atoms with Gasteiger partial charge in [-0.25, -0.2) is 14.8 Å². The second kappa shape index (κ2) is 10.4. The van der Waals surface area contributed by atoms with E-state index in [0.717, 1.165) is 37.0 Å². The minimum Gasteiger partial charge on any atom is -0.477 e. The molecule has 35 heavy (non-hydrogen) atoms. The molecule has 2 aromatic rings. The Morgan fingerprint density at radius 3 is 2.40 bits per heavy atom. The van der Waals surface area contributed by atoms with Crippen LogP contribution in [-0.4, -0.2) is 39.1 Å². The van der Waals surface area contributed by atoms with Crippen LogP contribution in [0.5, 0.6) is 6.01 Å². The Balaban J connectivity index is 1.61. The Hall–Kier alpha value is -2.92. The fourth-order valence-electron chi connectivity index (χ4n) is 4.56. The predicted molar refractivity (Wildman–Crippen MR) is 136 cm³/mol. The van der Waals surface area contributed by atoms with Crippen molar-refractivity contribution in [1.82, 2.24) is 9.97 Å². The summed E-state index contributed by atoms with van der Waals surface area (Å²) in [7, 11) is 0. The van der Waals surface area contributed by atoms with Gasteiger partial charge in [-0.3, -0.25) is 4.79 Å². The number of rotatable bonds is 6. The van der Waals surface area contributed by atoms with Crippen LogP contribution >= 0.6 is 11.3 Å². The summed E-state index contributed by atoms with van der Waals surface area (Å²) in [6, 6.07) is 3.69. The van der Waals surface area contributed by atoms with E-state index in [9.17, 15) is 14.7 Å². The van der Waals surface area contributed by atoms with Gasteiger partial charge in [-0.05, 0) is 64.5 Å². The molecule has 0 saturated heterocycles. The SMILES string of the molecule is CC(C)(C)C#Cc1cc(N(C(=O)[C@H]2CC[C@H](C)CC2)C2CC(Oc3ncccn3)C2)c(C(=O)O)s1. The number of thiophene rings is 1. The quantitative estimate of drug-likeness (QED) is 0.539. The van der Waals surface area contributed by atoms with Crippen LogP contribution in [-0.2, 0) is 4.79 Å². The molecule has 7 nitrogen and oxygen atoms in total. The van der Waals surface area contributed by atoms with E-state index in [1.807, 2.05) is 20.8 Å². The maximum Gasteiger partial charge on any atom is 0.348 e. The standard InChI is InChI=1S/C27H33N3O4S/c1-17-6-8-18(9-7-17)24(31)30(19-14-20(15-19)34-26-28-12-5-13-29-26)22-16-21(10-11-27(2,3)4)35-23(22)25(32)33/h5,12-13,16-20H,6-9,14-15H2,1-4H3,(H,32,33)/t17-,18-,19?,20?. The van der Waals surface area contributed by atoms with E-state index in [-0.39, 0.29) is 34.3 Å². The summed E-state index contributed by atoms with van der Waals surface area (Å²) in [5, 5.41) is 9.99. The highest BCUT2D eigenvalue weighted by Gasteiger charge is 2.42. The van der Waals surface area contributed by atoms with Gasteiger partial charge in [-0.1, -0.05) is 18.8 Å². The summed E-state index contributed by atoms with van der Waals surface area (Å²) in [6.07, 6.45) is 8.06. The van der Waals surface area contributed by atoms with Gasteiger partial charge in [0.15, 0.2) is 0 Å². The van der Waals surface area contributed by atoms with Crippen molar-refractivity contribution >= 4 is 28.9 Å². The molecule has 0 radical (unpaired) electrons. The van der Waals surface area contributed by atoms with Crippen LogP contribution < -0.4 is 9.64 Å². The summed E-state index contributed by atoms with van der Waals surface area (Å²) in [5.74, 6) is 5.82. The molecule has 0 bridgehead atoms. The molecular weight excluding hydrogens is 462 g/mol. The van der Waals surface area contributed by atoms with Crippen LogP contribution in [0.2, 0.25) is 0 Å². The molecule has 2 heterocycles. The van der Waals surface area contributed by atoms with Gasteiger partial charge >= 0.3 is 12.0 Å². The van der Waals surface area contributed by atoms with E-state index in [4.69, 9.17) is 4.74 Å². The van der Waals surface area contributed by atoms with E-state index >= 15 is 0 Å². The molecule has 2 saturated carbocycles. The first-order valence-corrected chi connectivity index (χ1v) is 13.1. The second-order valence-corrected chi connectivity index (χ2v) is 11.7. The average Bonchev–Trinajstić information content (AvgIpc) is 3.21. The lowest BCUT2D eigenvalue weighted by Crippen LogP contribution is -2.54. The maximum absolute atomic E-state index is 13.8. The Morgan fingerprint density at radius 2 is 1.80 bits per heavy atom. The highest BCUT2D eigenvalue weighted by Crippen LogP contribution is 2.40. The van der Waals surface area contributed by atoms with E-state index in [2.05, 4.69) is 28.7 Å². The number of anilines is 1. The summed E-state index contributed by atoms with van der Waals surface area (Å²) in [6.45, 7) is 8.26. The first kappa shape index (κ1) is 25.2. The average molecular weight is 496 g/mol. The smallest absolute Gasteiger partial charge is 0.348 e. The number of carboxylic acid groups (broad SMARTS) is 1. The lowest BCUT2D eigenvalue weighted by Gasteiger charge is -2.43. The highest BCUT2D eigenvalue weighted by molar-refractivity contribution is 7.15.